The molecule has 46 heavy (non-hydrogen) atoms. The van der Waals surface area contributed by atoms with Gasteiger partial charge in [-0.15, -0.1) is 6.58 Å². The Morgan fingerprint density at radius 1 is 1.09 bits per heavy atom. The average molecular weight is 630 g/mol. The molecule has 7 atom stereocenters. The second kappa shape index (κ2) is 13.4. The first-order valence-corrected chi connectivity index (χ1v) is 16.3. The molecular weight excluding hydrogens is 582 g/mol. The lowest BCUT2D eigenvalue weighted by Gasteiger charge is -2.39. The molecule has 3 fully saturated rings. The summed E-state index contributed by atoms with van der Waals surface area (Å²) in [6.07, 6.45) is 3.88. The van der Waals surface area contributed by atoms with Crippen LogP contribution in [-0.4, -0.2) is 83.9 Å². The van der Waals surface area contributed by atoms with Crippen LogP contribution in [0.5, 0.6) is 0 Å². The number of ether oxygens (including phenoxy) is 2. The minimum atomic E-state index is -1.29. The maximum absolute atomic E-state index is 15.1. The SMILES string of the molecule is C=CCOC(=O)[C@@H]1[C@H]2C(=O)N([C@@H](CO)Cc3ccccc3)C(C(=O)N(CC=C)c3ccc(N(CC)CC)cc3)C23CC(C)[C@@]1(C)O3. The third-order valence-corrected chi connectivity index (χ3v) is 10.4. The topological polar surface area (TPSA) is 99.6 Å². The summed E-state index contributed by atoms with van der Waals surface area (Å²) < 4.78 is 12.4. The predicted molar refractivity (Wildman–Crippen MR) is 178 cm³/mol. The number of amides is 2. The largest absolute Gasteiger partial charge is 0.461 e. The summed E-state index contributed by atoms with van der Waals surface area (Å²) in [6.45, 7) is 17.2. The van der Waals surface area contributed by atoms with Crippen LogP contribution in [0.3, 0.4) is 0 Å². The molecule has 3 aliphatic heterocycles. The van der Waals surface area contributed by atoms with Crippen molar-refractivity contribution in [1.29, 1.82) is 0 Å². The van der Waals surface area contributed by atoms with Crippen LogP contribution in [0.4, 0.5) is 11.4 Å². The predicted octanol–water partition coefficient (Wildman–Crippen LogP) is 4.40. The van der Waals surface area contributed by atoms with Crippen LogP contribution < -0.4 is 9.80 Å². The number of aliphatic hydroxyl groups excluding tert-OH is 1. The Hall–Kier alpha value is -3.95. The van der Waals surface area contributed by atoms with Gasteiger partial charge < -0.3 is 29.3 Å². The summed E-state index contributed by atoms with van der Waals surface area (Å²) in [4.78, 5) is 48.8. The van der Waals surface area contributed by atoms with Crippen LogP contribution in [0.15, 0.2) is 79.9 Å². The highest BCUT2D eigenvalue weighted by Gasteiger charge is 2.80. The van der Waals surface area contributed by atoms with Crippen molar-refractivity contribution in [3.05, 3.63) is 85.5 Å². The fraction of sp³-hybridized carbons (Fsp3) is 0.486. The summed E-state index contributed by atoms with van der Waals surface area (Å²) >= 11 is 0. The number of rotatable bonds is 14. The Labute approximate surface area is 272 Å². The van der Waals surface area contributed by atoms with Gasteiger partial charge in [-0.05, 0) is 69.4 Å². The normalized spacial score (nSPS) is 28.5. The van der Waals surface area contributed by atoms with Crippen molar-refractivity contribution in [3.8, 4) is 0 Å². The number of carbonyl (C=O) groups excluding carboxylic acids is 3. The minimum absolute atomic E-state index is 0.00362. The molecule has 3 unspecified atom stereocenters. The fourth-order valence-corrected chi connectivity index (χ4v) is 8.11. The summed E-state index contributed by atoms with van der Waals surface area (Å²) in [5, 5.41) is 10.8. The molecule has 0 radical (unpaired) electrons. The van der Waals surface area contributed by atoms with E-state index >= 15 is 4.79 Å². The lowest BCUT2D eigenvalue weighted by molar-refractivity contribution is -0.161. The Kier molecular flexibility index (Phi) is 9.75. The number of fused-ring (bicyclic) bond motifs is 1. The molecule has 3 aliphatic rings. The Bertz CT molecular complexity index is 1440. The Morgan fingerprint density at radius 3 is 2.33 bits per heavy atom. The molecule has 1 spiro atoms. The lowest BCUT2D eigenvalue weighted by atomic mass is 9.62. The average Bonchev–Trinajstić information content (AvgIpc) is 3.58. The zero-order valence-corrected chi connectivity index (χ0v) is 27.4. The van der Waals surface area contributed by atoms with Gasteiger partial charge >= 0.3 is 5.97 Å². The fourth-order valence-electron chi connectivity index (χ4n) is 8.11. The van der Waals surface area contributed by atoms with E-state index in [2.05, 4.69) is 31.9 Å². The van der Waals surface area contributed by atoms with E-state index in [4.69, 9.17) is 9.47 Å². The number of aliphatic hydroxyl groups is 1. The summed E-state index contributed by atoms with van der Waals surface area (Å²) in [7, 11) is 0. The molecule has 3 saturated heterocycles. The molecule has 9 heteroatoms. The monoisotopic (exact) mass is 629 g/mol. The third-order valence-electron chi connectivity index (χ3n) is 10.4. The van der Waals surface area contributed by atoms with Crippen LogP contribution in [0.1, 0.15) is 39.7 Å². The Morgan fingerprint density at radius 2 is 1.74 bits per heavy atom. The van der Waals surface area contributed by atoms with Crippen molar-refractivity contribution >= 4 is 29.2 Å². The molecule has 0 aromatic heterocycles. The van der Waals surface area contributed by atoms with Crippen LogP contribution in [0.2, 0.25) is 0 Å². The van der Waals surface area contributed by atoms with Gasteiger partial charge in [-0.25, -0.2) is 0 Å². The second-order valence-corrected chi connectivity index (χ2v) is 12.8. The number of anilines is 2. The quantitative estimate of drug-likeness (QED) is 0.244. The molecule has 3 heterocycles. The van der Waals surface area contributed by atoms with Crippen LogP contribution in [0, 0.1) is 17.8 Å². The van der Waals surface area contributed by atoms with Gasteiger partial charge in [-0.3, -0.25) is 14.4 Å². The number of nitrogens with zero attached hydrogens (tertiary/aromatic N) is 3. The van der Waals surface area contributed by atoms with Crippen molar-refractivity contribution in [3.63, 3.8) is 0 Å². The van der Waals surface area contributed by atoms with Gasteiger partial charge in [-0.2, -0.15) is 0 Å². The number of hydrogen-bond donors (Lipinski definition) is 1. The third kappa shape index (κ3) is 5.43. The van der Waals surface area contributed by atoms with Gasteiger partial charge in [0.1, 0.15) is 24.2 Å². The molecule has 0 saturated carbocycles. The van der Waals surface area contributed by atoms with Gasteiger partial charge in [-0.1, -0.05) is 56.0 Å². The minimum Gasteiger partial charge on any atom is -0.461 e. The van der Waals surface area contributed by atoms with Crippen molar-refractivity contribution in [2.24, 2.45) is 17.8 Å². The van der Waals surface area contributed by atoms with Gasteiger partial charge in [0.25, 0.3) is 5.91 Å². The maximum atomic E-state index is 15.1. The smallest absolute Gasteiger partial charge is 0.313 e. The van der Waals surface area contributed by atoms with Gasteiger partial charge in [0.2, 0.25) is 5.91 Å². The first-order valence-electron chi connectivity index (χ1n) is 16.3. The number of esters is 1. The highest BCUT2D eigenvalue weighted by Crippen LogP contribution is 2.65. The van der Waals surface area contributed by atoms with E-state index in [1.54, 1.807) is 11.0 Å². The number of hydrogen-bond acceptors (Lipinski definition) is 7. The molecule has 2 bridgehead atoms. The van der Waals surface area contributed by atoms with Gasteiger partial charge in [0.05, 0.1) is 24.2 Å². The molecule has 2 aromatic rings. The highest BCUT2D eigenvalue weighted by atomic mass is 16.6. The van der Waals surface area contributed by atoms with E-state index in [1.807, 2.05) is 68.4 Å². The zero-order valence-electron chi connectivity index (χ0n) is 27.4. The molecule has 0 aliphatic carbocycles. The number of benzene rings is 2. The van der Waals surface area contributed by atoms with E-state index in [0.29, 0.717) is 18.5 Å². The molecule has 9 nitrogen and oxygen atoms in total. The first kappa shape index (κ1) is 33.4. The van der Waals surface area contributed by atoms with Crippen molar-refractivity contribution in [1.82, 2.24) is 4.90 Å². The highest BCUT2D eigenvalue weighted by molar-refractivity contribution is 6.05. The van der Waals surface area contributed by atoms with Gasteiger partial charge in [0, 0.05) is 31.0 Å². The summed E-state index contributed by atoms with van der Waals surface area (Å²) in [5.41, 5.74) is 0.319. The molecule has 246 valence electrons. The van der Waals surface area contributed by atoms with Crippen LogP contribution in [-0.2, 0) is 30.3 Å². The maximum Gasteiger partial charge on any atom is 0.313 e. The van der Waals surface area contributed by atoms with E-state index in [0.717, 1.165) is 24.3 Å². The van der Waals surface area contributed by atoms with Crippen molar-refractivity contribution in [2.45, 2.75) is 63.8 Å². The van der Waals surface area contributed by atoms with E-state index in [-0.39, 0.29) is 37.5 Å². The van der Waals surface area contributed by atoms with E-state index in [9.17, 15) is 14.7 Å². The van der Waals surface area contributed by atoms with Crippen LogP contribution in [0.25, 0.3) is 0 Å². The zero-order chi connectivity index (χ0) is 33.2. The van der Waals surface area contributed by atoms with E-state index in [1.165, 1.54) is 11.0 Å². The molecule has 2 aromatic carbocycles. The molecule has 2 amide bonds. The molecule has 1 N–H and O–H groups in total. The number of likely N-dealkylation sites (tertiary alicyclic amines) is 1. The van der Waals surface area contributed by atoms with E-state index < -0.39 is 41.1 Å². The summed E-state index contributed by atoms with van der Waals surface area (Å²) in [5.74, 6) is -3.26. The van der Waals surface area contributed by atoms with Crippen LogP contribution >= 0.6 is 0 Å². The molecule has 5 rings (SSSR count). The van der Waals surface area contributed by atoms with Crippen molar-refractivity contribution in [2.75, 3.05) is 42.6 Å². The molecular formula is C37H47N3O6. The summed E-state index contributed by atoms with van der Waals surface area (Å²) in [6, 6.07) is 15.5. The second-order valence-electron chi connectivity index (χ2n) is 12.8. The Balaban J connectivity index is 1.62. The van der Waals surface area contributed by atoms with Gasteiger partial charge in [0.15, 0.2) is 0 Å². The number of carbonyl (C=O) groups is 3. The van der Waals surface area contributed by atoms with Crippen molar-refractivity contribution < 1.29 is 29.0 Å². The standard InChI is InChI=1S/C37H47N3O6/c1-7-20-39(28-18-16-27(17-19-28)38(9-3)10-4)34(43)32-37-23-25(5)36(6,46-37)31(35(44)45-21-8-2)30(37)33(42)40(32)29(24-41)22-26-14-12-11-13-15-26/h7-8,11-19,25,29-32,41H,1-2,9-10,20-24H2,3-6H3/t25?,29-,30+,31+,32?,36-,37?/m1/s1. The first-order chi connectivity index (χ1) is 22.1. The lowest BCUT2D eigenvalue weighted by Crippen LogP contribution is -2.59.